The number of hydrogen-bond donors (Lipinski definition) is 0. The number of aryl methyl sites for hydroxylation is 10. The molecule has 48 heavy (non-hydrogen) atoms. The first-order valence-corrected chi connectivity index (χ1v) is 14.0. The van der Waals surface area contributed by atoms with Gasteiger partial charge in [-0.1, -0.05) is 103 Å². The van der Waals surface area contributed by atoms with Gasteiger partial charge in [-0.05, 0) is 115 Å². The highest BCUT2D eigenvalue weighted by atomic mass is 19.2. The van der Waals surface area contributed by atoms with Gasteiger partial charge in [0.25, 0.3) is 0 Å². The van der Waals surface area contributed by atoms with E-state index in [-0.39, 0.29) is 43.0 Å². The zero-order valence-corrected chi connectivity index (χ0v) is 27.1. The summed E-state index contributed by atoms with van der Waals surface area (Å²) in [6.07, 6.45) is 5.49. The molecule has 0 amide bonds. The van der Waals surface area contributed by atoms with Crippen molar-refractivity contribution in [3.05, 3.63) is 159 Å². The monoisotopic (exact) mass is 668 g/mol. The summed E-state index contributed by atoms with van der Waals surface area (Å²) in [6, 6.07) is 20.9. The van der Waals surface area contributed by atoms with Crippen LogP contribution in [0.5, 0.6) is 0 Å². The van der Waals surface area contributed by atoms with Crippen molar-refractivity contribution in [3.63, 3.8) is 0 Å². The van der Waals surface area contributed by atoms with Crippen LogP contribution in [0, 0.1) is 86.7 Å². The Hall–Kier alpha value is -4.32. The Labute approximate surface area is 292 Å². The van der Waals surface area contributed by atoms with E-state index in [4.69, 9.17) is 0 Å². The normalized spacial score (nSPS) is 8.52. The summed E-state index contributed by atoms with van der Waals surface area (Å²) >= 11 is 0. The summed E-state index contributed by atoms with van der Waals surface area (Å²) in [5, 5.41) is 0. The molecule has 5 rings (SSSR count). The fourth-order valence-corrected chi connectivity index (χ4v) is 3.08. The molecule has 0 aliphatic heterocycles. The Bertz CT molecular complexity index is 1320. The van der Waals surface area contributed by atoms with Crippen LogP contribution in [0.15, 0.2) is 85.3 Å². The van der Waals surface area contributed by atoms with Crippen LogP contribution in [0.2, 0.25) is 0 Å². The van der Waals surface area contributed by atoms with Crippen LogP contribution in [-0.4, -0.2) is 15.0 Å². The smallest absolute Gasteiger partial charge is 0.161 e. The van der Waals surface area contributed by atoms with Crippen molar-refractivity contribution in [1.29, 1.82) is 0 Å². The first-order chi connectivity index (χ1) is 20.2. The van der Waals surface area contributed by atoms with Gasteiger partial charge < -0.3 is 0 Å². The van der Waals surface area contributed by atoms with Crippen molar-refractivity contribution < 1.29 is 13.2 Å². The lowest BCUT2D eigenvalue weighted by atomic mass is 10.1. The lowest BCUT2D eigenvalue weighted by Gasteiger charge is -1.99. The molecule has 3 aromatic carbocycles. The van der Waals surface area contributed by atoms with Gasteiger partial charge in [0.05, 0.1) is 0 Å². The molecule has 0 unspecified atom stereocenters. The standard InChI is InChI=1S/C8H8F2.C8H9F.C8H10.C7H9N.C6H8N2.5CH4/c1-5-3-4-6(2)8(10)7(5)9;1-6-3-4-7(2)8(9)5-6;1-7-3-5-8(2)6-4-7;1-6-3-4-7(2)8-5-6;1-5-3-7-6(2)8-4-5;;;;;/h3-4H,1-2H3;3-5H,1-2H3;3-6H,1-2H3;3-5H,1-2H3;3-4H,1-2H3;5*1H4. The molecule has 2 aromatic heterocycles. The van der Waals surface area contributed by atoms with E-state index in [9.17, 15) is 13.2 Å². The number of rotatable bonds is 0. The minimum absolute atomic E-state index is 0. The third-order valence-corrected chi connectivity index (χ3v) is 5.98. The highest BCUT2D eigenvalue weighted by molar-refractivity contribution is 5.24. The van der Waals surface area contributed by atoms with Gasteiger partial charge >= 0.3 is 0 Å². The van der Waals surface area contributed by atoms with E-state index in [0.29, 0.717) is 16.7 Å². The quantitative estimate of drug-likeness (QED) is 0.165. The Balaban J connectivity index is -0.000000157. The van der Waals surface area contributed by atoms with Crippen molar-refractivity contribution in [3.8, 4) is 0 Å². The molecule has 0 N–H and O–H groups in total. The van der Waals surface area contributed by atoms with Crippen molar-refractivity contribution in [2.24, 2.45) is 0 Å². The fraction of sp³-hybridized carbons (Fsp3) is 0.357. The molecule has 0 saturated carbocycles. The van der Waals surface area contributed by atoms with Crippen molar-refractivity contribution in [1.82, 2.24) is 15.0 Å². The van der Waals surface area contributed by atoms with E-state index in [0.717, 1.165) is 22.6 Å². The molecular weight excluding hydrogens is 603 g/mol. The number of nitrogens with zero attached hydrogens (tertiary/aromatic N) is 3. The second-order valence-electron chi connectivity index (χ2n) is 10.5. The number of pyridine rings is 1. The number of benzene rings is 3. The van der Waals surface area contributed by atoms with E-state index in [2.05, 4.69) is 59.1 Å². The predicted octanol–water partition coefficient (Wildman–Crippen LogP) is 13.3. The van der Waals surface area contributed by atoms with E-state index in [1.807, 2.05) is 65.3 Å². The topological polar surface area (TPSA) is 38.7 Å². The van der Waals surface area contributed by atoms with Gasteiger partial charge in [0.1, 0.15) is 11.6 Å². The van der Waals surface area contributed by atoms with E-state index < -0.39 is 11.6 Å². The number of halogens is 3. The van der Waals surface area contributed by atoms with Crippen LogP contribution in [0.1, 0.15) is 93.2 Å². The minimum atomic E-state index is -0.736. The number of aromatic nitrogens is 3. The Morgan fingerprint density at radius 2 is 0.729 bits per heavy atom. The van der Waals surface area contributed by atoms with Gasteiger partial charge in [-0.2, -0.15) is 0 Å². The molecule has 268 valence electrons. The summed E-state index contributed by atoms with van der Waals surface area (Å²) in [4.78, 5) is 12.0. The van der Waals surface area contributed by atoms with E-state index in [1.54, 1.807) is 25.1 Å². The Kier molecular flexibility index (Phi) is 30.8. The zero-order chi connectivity index (χ0) is 32.5. The lowest BCUT2D eigenvalue weighted by molar-refractivity contribution is 0.497. The maximum Gasteiger partial charge on any atom is 0.161 e. The van der Waals surface area contributed by atoms with Gasteiger partial charge in [0.2, 0.25) is 0 Å². The van der Waals surface area contributed by atoms with Gasteiger partial charge in [-0.25, -0.2) is 23.1 Å². The summed E-state index contributed by atoms with van der Waals surface area (Å²) in [6.45, 7) is 18.8. The predicted molar refractivity (Wildman–Crippen MR) is 206 cm³/mol. The van der Waals surface area contributed by atoms with Gasteiger partial charge in [0, 0.05) is 24.3 Å². The average Bonchev–Trinajstić information content (AvgIpc) is 2.98. The molecule has 6 heteroatoms. The largest absolute Gasteiger partial charge is 0.261 e. The Morgan fingerprint density at radius 3 is 1.04 bits per heavy atom. The number of hydrogen-bond acceptors (Lipinski definition) is 3. The molecule has 0 bridgehead atoms. The third-order valence-electron chi connectivity index (χ3n) is 5.98. The fourth-order valence-electron chi connectivity index (χ4n) is 3.08. The molecule has 0 fully saturated rings. The summed E-state index contributed by atoms with van der Waals surface area (Å²) in [5.41, 5.74) is 8.44. The average molecular weight is 668 g/mol. The molecule has 0 atom stereocenters. The highest BCUT2D eigenvalue weighted by Crippen LogP contribution is 2.13. The molecule has 0 radical (unpaired) electrons. The molecule has 5 aromatic rings. The maximum atomic E-state index is 12.6. The minimum Gasteiger partial charge on any atom is -0.261 e. The third kappa shape index (κ3) is 22.2. The lowest BCUT2D eigenvalue weighted by Crippen LogP contribution is -1.91. The van der Waals surface area contributed by atoms with Crippen LogP contribution in [0.4, 0.5) is 13.2 Å². The molecule has 3 nitrogen and oxygen atoms in total. The summed E-state index contributed by atoms with van der Waals surface area (Å²) < 4.78 is 37.8. The molecule has 0 aliphatic rings. The zero-order valence-electron chi connectivity index (χ0n) is 27.1. The highest BCUT2D eigenvalue weighted by Gasteiger charge is 2.06. The second-order valence-corrected chi connectivity index (χ2v) is 10.5. The molecule has 0 spiro atoms. The maximum absolute atomic E-state index is 12.6. The molecule has 0 aliphatic carbocycles. The van der Waals surface area contributed by atoms with Crippen molar-refractivity contribution in [2.75, 3.05) is 0 Å². The van der Waals surface area contributed by atoms with E-state index >= 15 is 0 Å². The second kappa shape index (κ2) is 27.8. The van der Waals surface area contributed by atoms with E-state index in [1.165, 1.54) is 36.6 Å². The van der Waals surface area contributed by atoms with Crippen LogP contribution >= 0.6 is 0 Å². The molecular formula is C42H64F3N3. The van der Waals surface area contributed by atoms with Gasteiger partial charge in [-0.3, -0.25) is 4.98 Å². The van der Waals surface area contributed by atoms with Crippen molar-refractivity contribution >= 4 is 0 Å². The van der Waals surface area contributed by atoms with Crippen molar-refractivity contribution in [2.45, 2.75) is 106 Å². The van der Waals surface area contributed by atoms with Crippen LogP contribution in [-0.2, 0) is 0 Å². The summed E-state index contributed by atoms with van der Waals surface area (Å²) in [7, 11) is 0. The first kappa shape index (κ1) is 53.2. The van der Waals surface area contributed by atoms with Crippen LogP contribution in [0.25, 0.3) is 0 Å². The summed E-state index contributed by atoms with van der Waals surface area (Å²) in [5.74, 6) is -0.759. The Morgan fingerprint density at radius 1 is 0.375 bits per heavy atom. The SMILES string of the molecule is C.C.C.C.C.Cc1ccc(C)c(F)c1.Cc1ccc(C)c(F)c1F.Cc1ccc(C)cc1.Cc1ccc(C)nc1.Cc1cnc(C)nc1. The van der Waals surface area contributed by atoms with Crippen LogP contribution in [0.3, 0.4) is 0 Å². The van der Waals surface area contributed by atoms with Gasteiger partial charge in [0.15, 0.2) is 11.6 Å². The van der Waals surface area contributed by atoms with Crippen LogP contribution < -0.4 is 0 Å². The molecule has 2 heterocycles. The van der Waals surface area contributed by atoms with Gasteiger partial charge in [-0.15, -0.1) is 0 Å². The first-order valence-electron chi connectivity index (χ1n) is 14.0. The molecule has 0 saturated heterocycles.